The molecule has 2 aromatic rings. The van der Waals surface area contributed by atoms with Gasteiger partial charge in [-0.05, 0) is 30.7 Å². The van der Waals surface area contributed by atoms with Crippen molar-refractivity contribution < 1.29 is 9.47 Å². The van der Waals surface area contributed by atoms with E-state index >= 15 is 0 Å². The summed E-state index contributed by atoms with van der Waals surface area (Å²) in [5.74, 6) is 0.683. The Balaban J connectivity index is 1.36. The quantitative estimate of drug-likeness (QED) is 0.867. The molecular weight excluding hydrogens is 324 g/mol. The molecule has 0 saturated carbocycles. The number of aromatic nitrogens is 3. The maximum absolute atomic E-state index is 5.95. The van der Waals surface area contributed by atoms with Gasteiger partial charge in [0.2, 0.25) is 0 Å². The number of nitrogens with zero attached hydrogens (tertiary/aromatic N) is 3. The van der Waals surface area contributed by atoms with Crippen molar-refractivity contribution in [3.8, 4) is 0 Å². The Morgan fingerprint density at radius 2 is 2.21 bits per heavy atom. The summed E-state index contributed by atoms with van der Waals surface area (Å²) in [6.07, 6.45) is 7.35. The van der Waals surface area contributed by atoms with Crippen molar-refractivity contribution in [2.24, 2.45) is 5.92 Å². The predicted octanol–water partition coefficient (Wildman–Crippen LogP) is 2.17. The van der Waals surface area contributed by atoms with E-state index in [0.717, 1.165) is 69.4 Å². The highest BCUT2D eigenvalue weighted by Crippen LogP contribution is 2.26. The lowest BCUT2D eigenvalue weighted by molar-refractivity contribution is 0.0388. The van der Waals surface area contributed by atoms with Crippen LogP contribution in [-0.2, 0) is 29.0 Å². The fourth-order valence-electron chi connectivity index (χ4n) is 3.42. The van der Waals surface area contributed by atoms with E-state index < -0.39 is 0 Å². The van der Waals surface area contributed by atoms with E-state index in [2.05, 4.69) is 21.2 Å². The second-order valence-corrected chi connectivity index (χ2v) is 7.46. The van der Waals surface area contributed by atoms with Gasteiger partial charge in [-0.1, -0.05) is 0 Å². The molecule has 24 heavy (non-hydrogen) atoms. The van der Waals surface area contributed by atoms with E-state index in [1.807, 2.05) is 11.6 Å². The van der Waals surface area contributed by atoms with Crippen molar-refractivity contribution in [2.75, 3.05) is 26.4 Å². The van der Waals surface area contributed by atoms with Crippen LogP contribution in [0, 0.1) is 5.92 Å². The highest BCUT2D eigenvalue weighted by molar-refractivity contribution is 7.09. The number of hydrogen-bond acceptors (Lipinski definition) is 6. The average Bonchev–Trinajstić information content (AvgIpc) is 3.25. The summed E-state index contributed by atoms with van der Waals surface area (Å²) in [5.41, 5.74) is 2.45. The van der Waals surface area contributed by atoms with Crippen LogP contribution >= 0.6 is 11.3 Å². The molecule has 2 aliphatic heterocycles. The van der Waals surface area contributed by atoms with Crippen LogP contribution in [0.15, 0.2) is 17.8 Å². The number of rotatable bonds is 6. The minimum Gasteiger partial charge on any atom is -0.381 e. The van der Waals surface area contributed by atoms with E-state index in [-0.39, 0.29) is 6.10 Å². The average molecular weight is 348 g/mol. The van der Waals surface area contributed by atoms with E-state index in [1.54, 1.807) is 11.3 Å². The van der Waals surface area contributed by atoms with Gasteiger partial charge in [-0.15, -0.1) is 11.3 Å². The topological polar surface area (TPSA) is 61.2 Å². The molecular formula is C17H24N4O2S. The van der Waals surface area contributed by atoms with E-state index in [1.165, 1.54) is 5.56 Å². The molecule has 1 N–H and O–H groups in total. The molecule has 2 aromatic heterocycles. The van der Waals surface area contributed by atoms with Crippen LogP contribution in [0.2, 0.25) is 0 Å². The molecule has 2 aliphatic rings. The van der Waals surface area contributed by atoms with Gasteiger partial charge in [0.05, 0.1) is 12.3 Å². The van der Waals surface area contributed by atoms with Gasteiger partial charge in [0, 0.05) is 50.6 Å². The van der Waals surface area contributed by atoms with Gasteiger partial charge in [-0.3, -0.25) is 4.68 Å². The zero-order valence-electron chi connectivity index (χ0n) is 13.8. The molecule has 1 unspecified atom stereocenters. The lowest BCUT2D eigenvalue weighted by Gasteiger charge is -2.22. The second kappa shape index (κ2) is 7.74. The normalized spacial score (nSPS) is 21.8. The SMILES string of the molecule is c1csc(CNCC2OCCc3cn(CC4CCOCC4)nc32)n1. The smallest absolute Gasteiger partial charge is 0.114 e. The van der Waals surface area contributed by atoms with Crippen LogP contribution in [0.3, 0.4) is 0 Å². The Hall–Kier alpha value is -1.28. The van der Waals surface area contributed by atoms with Gasteiger partial charge >= 0.3 is 0 Å². The molecule has 0 amide bonds. The van der Waals surface area contributed by atoms with Gasteiger partial charge < -0.3 is 14.8 Å². The first-order chi connectivity index (χ1) is 11.9. The lowest BCUT2D eigenvalue weighted by atomic mass is 10.0. The minimum atomic E-state index is 0.0460. The molecule has 7 heteroatoms. The van der Waals surface area contributed by atoms with Gasteiger partial charge in [-0.25, -0.2) is 4.98 Å². The van der Waals surface area contributed by atoms with Crippen LogP contribution in [0.1, 0.15) is 35.2 Å². The molecule has 0 bridgehead atoms. The van der Waals surface area contributed by atoms with Crippen LogP contribution in [0.4, 0.5) is 0 Å². The monoisotopic (exact) mass is 348 g/mol. The summed E-state index contributed by atoms with van der Waals surface area (Å²) >= 11 is 1.67. The van der Waals surface area contributed by atoms with Gasteiger partial charge in [0.1, 0.15) is 11.1 Å². The summed E-state index contributed by atoms with van der Waals surface area (Å²) < 4.78 is 13.5. The maximum Gasteiger partial charge on any atom is 0.114 e. The summed E-state index contributed by atoms with van der Waals surface area (Å²) in [5, 5.41) is 11.4. The van der Waals surface area contributed by atoms with Gasteiger partial charge in [0.15, 0.2) is 0 Å². The molecule has 0 aromatic carbocycles. The molecule has 0 aliphatic carbocycles. The molecule has 4 rings (SSSR count). The third kappa shape index (κ3) is 3.85. The number of nitrogens with one attached hydrogen (secondary N) is 1. The molecule has 0 spiro atoms. The number of fused-ring (bicyclic) bond motifs is 1. The van der Waals surface area contributed by atoms with Crippen LogP contribution in [-0.4, -0.2) is 41.1 Å². The third-order valence-corrected chi connectivity index (χ3v) is 5.52. The number of ether oxygens (including phenoxy) is 2. The first-order valence-corrected chi connectivity index (χ1v) is 9.61. The van der Waals surface area contributed by atoms with E-state index in [4.69, 9.17) is 14.6 Å². The zero-order chi connectivity index (χ0) is 16.2. The van der Waals surface area contributed by atoms with Crippen molar-refractivity contribution in [3.05, 3.63) is 34.0 Å². The Bertz CT molecular complexity index is 637. The summed E-state index contributed by atoms with van der Waals surface area (Å²) in [7, 11) is 0. The van der Waals surface area contributed by atoms with E-state index in [9.17, 15) is 0 Å². The summed E-state index contributed by atoms with van der Waals surface area (Å²) in [6.45, 7) is 5.11. The number of hydrogen-bond donors (Lipinski definition) is 1. The van der Waals surface area contributed by atoms with E-state index in [0.29, 0.717) is 5.92 Å². The van der Waals surface area contributed by atoms with Crippen molar-refractivity contribution in [3.63, 3.8) is 0 Å². The minimum absolute atomic E-state index is 0.0460. The molecule has 1 fully saturated rings. The molecule has 4 heterocycles. The highest BCUT2D eigenvalue weighted by atomic mass is 32.1. The van der Waals surface area contributed by atoms with Crippen LogP contribution in [0.5, 0.6) is 0 Å². The van der Waals surface area contributed by atoms with Crippen molar-refractivity contribution in [2.45, 2.75) is 38.5 Å². The second-order valence-electron chi connectivity index (χ2n) is 6.48. The van der Waals surface area contributed by atoms with Crippen LogP contribution in [0.25, 0.3) is 0 Å². The first kappa shape index (κ1) is 16.2. The van der Waals surface area contributed by atoms with Crippen molar-refractivity contribution >= 4 is 11.3 Å². The Kier molecular flexibility index (Phi) is 5.22. The first-order valence-electron chi connectivity index (χ1n) is 8.73. The van der Waals surface area contributed by atoms with Crippen LogP contribution < -0.4 is 5.32 Å². The van der Waals surface area contributed by atoms with Gasteiger partial charge in [0.25, 0.3) is 0 Å². The molecule has 130 valence electrons. The molecule has 1 atom stereocenters. The predicted molar refractivity (Wildman–Crippen MR) is 92.0 cm³/mol. The summed E-state index contributed by atoms with van der Waals surface area (Å²) in [4.78, 5) is 4.30. The Morgan fingerprint density at radius 1 is 1.29 bits per heavy atom. The van der Waals surface area contributed by atoms with Crippen molar-refractivity contribution in [1.82, 2.24) is 20.1 Å². The zero-order valence-corrected chi connectivity index (χ0v) is 14.6. The largest absolute Gasteiger partial charge is 0.381 e. The Labute approximate surface area is 146 Å². The standard InChI is InChI=1S/C17H24N4O2S/c1-5-22-6-2-13(1)11-21-12-14-3-7-23-15(17(14)20-21)9-18-10-16-19-4-8-24-16/h4,8,12-13,15,18H,1-3,5-7,9-11H2. The molecule has 1 saturated heterocycles. The summed E-state index contributed by atoms with van der Waals surface area (Å²) in [6, 6.07) is 0. The fourth-order valence-corrected chi connectivity index (χ4v) is 4.01. The highest BCUT2D eigenvalue weighted by Gasteiger charge is 2.25. The third-order valence-electron chi connectivity index (χ3n) is 4.74. The van der Waals surface area contributed by atoms with Crippen molar-refractivity contribution in [1.29, 1.82) is 0 Å². The van der Waals surface area contributed by atoms with Gasteiger partial charge in [-0.2, -0.15) is 5.10 Å². The number of thiazole rings is 1. The fraction of sp³-hybridized carbons (Fsp3) is 0.647. The Morgan fingerprint density at radius 3 is 3.04 bits per heavy atom. The molecule has 0 radical (unpaired) electrons. The molecule has 6 nitrogen and oxygen atoms in total. The lowest BCUT2D eigenvalue weighted by Crippen LogP contribution is -2.27. The maximum atomic E-state index is 5.95.